The fourth-order valence-corrected chi connectivity index (χ4v) is 4.37. The summed E-state index contributed by atoms with van der Waals surface area (Å²) in [4.78, 5) is 9.36. The summed E-state index contributed by atoms with van der Waals surface area (Å²) in [5.41, 5.74) is 6.46. The molecule has 0 unspecified atom stereocenters. The number of pyridine rings is 1. The summed E-state index contributed by atoms with van der Waals surface area (Å²) >= 11 is 0. The second kappa shape index (κ2) is 6.72. The van der Waals surface area contributed by atoms with E-state index in [0.717, 1.165) is 64.6 Å². The third kappa shape index (κ3) is 2.82. The van der Waals surface area contributed by atoms with Gasteiger partial charge in [0.1, 0.15) is 0 Å². The first-order valence-corrected chi connectivity index (χ1v) is 9.82. The maximum absolute atomic E-state index is 9.20. The molecule has 5 heteroatoms. The fourth-order valence-electron chi connectivity index (χ4n) is 4.37. The van der Waals surface area contributed by atoms with Crippen LogP contribution in [0.3, 0.4) is 0 Å². The Balaban J connectivity index is 1.61. The molecule has 1 aromatic carbocycles. The van der Waals surface area contributed by atoms with Crippen LogP contribution in [0.4, 0.5) is 0 Å². The minimum atomic E-state index is 0.191. The van der Waals surface area contributed by atoms with Gasteiger partial charge < -0.3 is 0 Å². The molecule has 0 saturated heterocycles. The van der Waals surface area contributed by atoms with Crippen LogP contribution in [0.25, 0.3) is 27.5 Å². The van der Waals surface area contributed by atoms with Crippen molar-refractivity contribution in [3.8, 4) is 17.2 Å². The number of fused-ring (bicyclic) bond motifs is 2. The summed E-state index contributed by atoms with van der Waals surface area (Å²) in [5.74, 6) is 0.574. The van der Waals surface area contributed by atoms with Crippen LogP contribution in [-0.4, -0.2) is 19.6 Å². The number of nitriles is 1. The van der Waals surface area contributed by atoms with Crippen LogP contribution in [-0.2, 0) is 0 Å². The number of nitrogens with zero attached hydrogens (tertiary/aromatic N) is 5. The van der Waals surface area contributed by atoms with E-state index in [9.17, 15) is 5.26 Å². The Bertz CT molecular complexity index is 1210. The van der Waals surface area contributed by atoms with Crippen molar-refractivity contribution >= 4 is 16.4 Å². The molecule has 0 radical (unpaired) electrons. The number of hydrogen-bond acceptors (Lipinski definition) is 4. The van der Waals surface area contributed by atoms with Crippen LogP contribution in [0.15, 0.2) is 48.9 Å². The largest absolute Gasteiger partial charge is 0.257 e. The first-order chi connectivity index (χ1) is 13.7. The van der Waals surface area contributed by atoms with Crippen molar-refractivity contribution in [3.63, 3.8) is 0 Å². The first kappa shape index (κ1) is 16.9. The van der Waals surface area contributed by atoms with Gasteiger partial charge in [0, 0.05) is 40.9 Å². The Kier molecular flexibility index (Phi) is 4.05. The monoisotopic (exact) mass is 367 g/mol. The van der Waals surface area contributed by atoms with Crippen LogP contribution < -0.4 is 0 Å². The van der Waals surface area contributed by atoms with Gasteiger partial charge in [-0.3, -0.25) is 9.97 Å². The lowest BCUT2D eigenvalue weighted by molar-refractivity contribution is 0.378. The van der Waals surface area contributed by atoms with Crippen molar-refractivity contribution in [3.05, 3.63) is 60.3 Å². The summed E-state index contributed by atoms with van der Waals surface area (Å²) in [6.45, 7) is 2.01. The van der Waals surface area contributed by atoms with Gasteiger partial charge in [0.05, 0.1) is 29.0 Å². The van der Waals surface area contributed by atoms with Crippen LogP contribution in [0, 0.1) is 24.2 Å². The third-order valence-electron chi connectivity index (χ3n) is 5.90. The maximum atomic E-state index is 9.20. The minimum Gasteiger partial charge on any atom is -0.257 e. The lowest BCUT2D eigenvalue weighted by atomic mass is 9.80. The Morgan fingerprint density at radius 2 is 1.96 bits per heavy atom. The molecule has 3 heterocycles. The molecule has 3 aromatic heterocycles. The van der Waals surface area contributed by atoms with E-state index in [1.54, 1.807) is 0 Å². The summed E-state index contributed by atoms with van der Waals surface area (Å²) < 4.78 is 1.94. The van der Waals surface area contributed by atoms with Gasteiger partial charge in [-0.2, -0.15) is 10.4 Å². The molecule has 0 atom stereocenters. The zero-order chi connectivity index (χ0) is 19.1. The highest BCUT2D eigenvalue weighted by Crippen LogP contribution is 2.38. The molecule has 4 aromatic rings. The van der Waals surface area contributed by atoms with Crippen molar-refractivity contribution in [2.75, 3.05) is 0 Å². The molecular weight excluding hydrogens is 346 g/mol. The normalized spacial score (nSPS) is 19.7. The van der Waals surface area contributed by atoms with Crippen LogP contribution in [0.5, 0.6) is 0 Å². The molecular formula is C23H21N5. The van der Waals surface area contributed by atoms with E-state index in [0.29, 0.717) is 5.92 Å². The fraction of sp³-hybridized carbons (Fsp3) is 0.304. The number of rotatable bonds is 2. The summed E-state index contributed by atoms with van der Waals surface area (Å²) in [6, 6.07) is 13.0. The smallest absolute Gasteiger partial charge is 0.0958 e. The van der Waals surface area contributed by atoms with Gasteiger partial charge in [-0.25, -0.2) is 4.52 Å². The molecule has 0 bridgehead atoms. The SMILES string of the molecule is Cc1ccc2cc(-c3cnn4ccnc(C5CCC(C#N)CC5)c34)ccc2n1. The molecule has 1 saturated carbocycles. The van der Waals surface area contributed by atoms with Gasteiger partial charge in [-0.15, -0.1) is 0 Å². The summed E-state index contributed by atoms with van der Waals surface area (Å²) in [5, 5.41) is 14.9. The number of benzene rings is 1. The van der Waals surface area contributed by atoms with E-state index < -0.39 is 0 Å². The van der Waals surface area contributed by atoms with Gasteiger partial charge in [0.15, 0.2) is 0 Å². The van der Waals surface area contributed by atoms with Gasteiger partial charge >= 0.3 is 0 Å². The lowest BCUT2D eigenvalue weighted by Crippen LogP contribution is -2.14. The summed E-state index contributed by atoms with van der Waals surface area (Å²) in [7, 11) is 0. The molecule has 28 heavy (non-hydrogen) atoms. The standard InChI is InChI=1S/C23H21N5/c1-15-2-5-19-12-18(8-9-21(19)27-15)20-14-26-28-11-10-25-22(23(20)28)17-6-3-16(13-24)4-7-17/h2,5,8-12,14,16-17H,3-4,6-7H2,1H3. The molecule has 1 fully saturated rings. The van der Waals surface area contributed by atoms with E-state index in [-0.39, 0.29) is 5.92 Å². The highest BCUT2D eigenvalue weighted by molar-refractivity contribution is 5.89. The van der Waals surface area contributed by atoms with Crippen LogP contribution >= 0.6 is 0 Å². The Hall–Kier alpha value is -3.26. The predicted molar refractivity (Wildman–Crippen MR) is 109 cm³/mol. The van der Waals surface area contributed by atoms with Gasteiger partial charge in [-0.1, -0.05) is 12.1 Å². The molecule has 0 spiro atoms. The Morgan fingerprint density at radius 3 is 2.79 bits per heavy atom. The topological polar surface area (TPSA) is 66.9 Å². The van der Waals surface area contributed by atoms with E-state index >= 15 is 0 Å². The van der Waals surface area contributed by atoms with Crippen molar-refractivity contribution in [2.24, 2.45) is 5.92 Å². The molecule has 0 amide bonds. The Labute approximate surface area is 163 Å². The van der Waals surface area contributed by atoms with Gasteiger partial charge in [-0.05, 0) is 56.4 Å². The molecule has 5 rings (SSSR count). The molecule has 1 aliphatic rings. The zero-order valence-corrected chi connectivity index (χ0v) is 15.8. The van der Waals surface area contributed by atoms with Crippen molar-refractivity contribution in [1.82, 2.24) is 19.6 Å². The average Bonchev–Trinajstić information content (AvgIpc) is 3.18. The van der Waals surface area contributed by atoms with Crippen LogP contribution in [0.2, 0.25) is 0 Å². The molecule has 0 aliphatic heterocycles. The highest BCUT2D eigenvalue weighted by Gasteiger charge is 2.26. The van der Waals surface area contributed by atoms with Crippen molar-refractivity contribution in [2.45, 2.75) is 38.5 Å². The van der Waals surface area contributed by atoms with Crippen molar-refractivity contribution in [1.29, 1.82) is 5.26 Å². The number of aryl methyl sites for hydroxylation is 1. The molecule has 5 nitrogen and oxygen atoms in total. The minimum absolute atomic E-state index is 0.191. The lowest BCUT2D eigenvalue weighted by Gasteiger charge is -2.25. The second-order valence-electron chi connectivity index (χ2n) is 7.70. The predicted octanol–water partition coefficient (Wildman–Crippen LogP) is 5.05. The number of aromatic nitrogens is 4. The second-order valence-corrected chi connectivity index (χ2v) is 7.70. The Morgan fingerprint density at radius 1 is 1.11 bits per heavy atom. The summed E-state index contributed by atoms with van der Waals surface area (Å²) in [6.07, 6.45) is 9.61. The first-order valence-electron chi connectivity index (χ1n) is 9.82. The maximum Gasteiger partial charge on any atom is 0.0958 e. The molecule has 1 aliphatic carbocycles. The number of hydrogen-bond donors (Lipinski definition) is 0. The zero-order valence-electron chi connectivity index (χ0n) is 15.8. The average molecular weight is 367 g/mol. The molecule has 0 N–H and O–H groups in total. The van der Waals surface area contributed by atoms with E-state index in [1.807, 2.05) is 36.1 Å². The van der Waals surface area contributed by atoms with Crippen LogP contribution in [0.1, 0.15) is 43.0 Å². The highest BCUT2D eigenvalue weighted by atomic mass is 15.2. The quantitative estimate of drug-likeness (QED) is 0.497. The van der Waals surface area contributed by atoms with E-state index in [1.165, 1.54) is 0 Å². The third-order valence-corrected chi connectivity index (χ3v) is 5.90. The van der Waals surface area contributed by atoms with Crippen molar-refractivity contribution < 1.29 is 0 Å². The van der Waals surface area contributed by atoms with E-state index in [4.69, 9.17) is 4.98 Å². The van der Waals surface area contributed by atoms with E-state index in [2.05, 4.69) is 40.4 Å². The molecule has 138 valence electrons. The van der Waals surface area contributed by atoms with Gasteiger partial charge in [0.2, 0.25) is 0 Å². The van der Waals surface area contributed by atoms with Gasteiger partial charge in [0.25, 0.3) is 0 Å².